The molecule has 4 fully saturated rings. The molecule has 2 aromatic carbocycles. The van der Waals surface area contributed by atoms with Crippen LogP contribution in [0.2, 0.25) is 0 Å². The van der Waals surface area contributed by atoms with E-state index in [1.807, 2.05) is 23.0 Å². The molecule has 3 saturated heterocycles. The Hall–Kier alpha value is -6.35. The zero-order valence-electron chi connectivity index (χ0n) is 39.3. The number of sulfonamides is 1. The van der Waals surface area contributed by atoms with Crippen LogP contribution < -0.4 is 21.1 Å². The van der Waals surface area contributed by atoms with Crippen molar-refractivity contribution in [3.8, 4) is 11.1 Å². The van der Waals surface area contributed by atoms with Crippen molar-refractivity contribution in [2.24, 2.45) is 0 Å². The number of carbonyl (C=O) groups is 4. The van der Waals surface area contributed by atoms with Crippen LogP contribution in [0.4, 0.5) is 21.6 Å². The molecule has 1 saturated carbocycles. The number of rotatable bonds is 17. The van der Waals surface area contributed by atoms with E-state index in [4.69, 9.17) is 0 Å². The van der Waals surface area contributed by atoms with Gasteiger partial charge in [-0.3, -0.25) is 48.2 Å². The highest BCUT2D eigenvalue weighted by Crippen LogP contribution is 2.36. The number of unbranched alkanes of at least 4 members (excludes halogenated alkanes) is 5. The lowest BCUT2D eigenvalue weighted by Crippen LogP contribution is -2.54. The van der Waals surface area contributed by atoms with Gasteiger partial charge in [0.05, 0.1) is 45.2 Å². The normalized spacial score (nSPS) is 19.6. The number of amides is 4. The lowest BCUT2D eigenvalue weighted by atomic mass is 10.0. The highest BCUT2D eigenvalue weighted by molar-refractivity contribution is 7.89. The maximum absolute atomic E-state index is 15.6. The first-order valence-electron chi connectivity index (χ1n) is 24.5. The Morgan fingerprint density at radius 3 is 2.16 bits per heavy atom. The third kappa shape index (κ3) is 9.61. The predicted molar refractivity (Wildman–Crippen MR) is 260 cm³/mol. The molecule has 0 radical (unpaired) electrons. The number of anilines is 3. The van der Waals surface area contributed by atoms with Gasteiger partial charge < -0.3 is 15.1 Å². The molecule has 5 aromatic rings. The minimum atomic E-state index is -3.93. The predicted octanol–water partition coefficient (Wildman–Crippen LogP) is 4.95. The molecule has 0 bridgehead atoms. The number of benzene rings is 2. The standard InChI is InChI=1S/C50H58FN11O7S/c1-33-46(54-43-17-11-34(31-60(43)48(33)65)35-30-52-61(32-35)36-12-13-36)53-40-15-14-37(29-39(40)51)70(68,69)59-27-23-57(24-28-59)20-7-5-3-2-4-6-19-56-21-25-58(26-22-56)41-10-8-9-38-45(41)50(67)62(49(38)66)42-16-18-44(63)55-47(42)64/h8-11,14-15,17,29-32,36,42,53H,2-7,12-13,16,18-28H2,1H3,(H,55,63,64). The number of nitrogens with zero attached hydrogens (tertiary/aromatic N) is 9. The number of hydrogen-bond donors (Lipinski definition) is 2. The third-order valence-electron chi connectivity index (χ3n) is 14.4. The topological polar surface area (TPSA) is 195 Å². The summed E-state index contributed by atoms with van der Waals surface area (Å²) < 4.78 is 47.7. The van der Waals surface area contributed by atoms with Gasteiger partial charge in [0, 0.05) is 82.3 Å². The smallest absolute Gasteiger partial charge is 0.264 e. The number of fused-ring (bicyclic) bond motifs is 2. The average molecular weight is 976 g/mol. The second kappa shape index (κ2) is 19.8. The lowest BCUT2D eigenvalue weighted by Gasteiger charge is -2.36. The van der Waals surface area contributed by atoms with Gasteiger partial charge in [-0.15, -0.1) is 0 Å². The number of halogens is 1. The Balaban J connectivity index is 0.623. The fourth-order valence-corrected chi connectivity index (χ4v) is 11.6. The molecule has 18 nitrogen and oxygen atoms in total. The minimum absolute atomic E-state index is 0.0129. The summed E-state index contributed by atoms with van der Waals surface area (Å²) in [6.45, 7) is 8.45. The van der Waals surface area contributed by atoms with Gasteiger partial charge >= 0.3 is 0 Å². The number of pyridine rings is 1. The van der Waals surface area contributed by atoms with E-state index in [0.29, 0.717) is 67.8 Å². The second-order valence-electron chi connectivity index (χ2n) is 19.1. The summed E-state index contributed by atoms with van der Waals surface area (Å²) in [6, 6.07) is 12.1. The van der Waals surface area contributed by atoms with Crippen molar-refractivity contribution >= 4 is 56.5 Å². The molecular formula is C50H58FN11O7S. The summed E-state index contributed by atoms with van der Waals surface area (Å²) in [7, 11) is -3.93. The summed E-state index contributed by atoms with van der Waals surface area (Å²) in [5, 5.41) is 9.63. The Kier molecular flexibility index (Phi) is 13.4. The first-order valence-corrected chi connectivity index (χ1v) is 26.0. The number of carbonyl (C=O) groups excluding carboxylic acids is 4. The Morgan fingerprint density at radius 2 is 1.47 bits per heavy atom. The molecule has 7 heterocycles. The minimum Gasteiger partial charge on any atom is -0.368 e. The van der Waals surface area contributed by atoms with Gasteiger partial charge in [0.25, 0.3) is 17.4 Å². The molecule has 5 aliphatic rings. The van der Waals surface area contributed by atoms with Crippen LogP contribution in [0, 0.1) is 12.7 Å². The molecule has 368 valence electrons. The van der Waals surface area contributed by atoms with E-state index in [1.54, 1.807) is 37.5 Å². The van der Waals surface area contributed by atoms with Gasteiger partial charge in [-0.25, -0.2) is 17.8 Å². The molecule has 4 aliphatic heterocycles. The van der Waals surface area contributed by atoms with E-state index in [2.05, 4.69) is 35.4 Å². The first kappa shape index (κ1) is 47.3. The molecule has 4 amide bonds. The Labute approximate surface area is 405 Å². The highest BCUT2D eigenvalue weighted by atomic mass is 32.2. The number of imide groups is 2. The van der Waals surface area contributed by atoms with Crippen molar-refractivity contribution < 1.29 is 32.0 Å². The summed E-state index contributed by atoms with van der Waals surface area (Å²) >= 11 is 0. The molecule has 20 heteroatoms. The van der Waals surface area contributed by atoms with Crippen LogP contribution in [-0.2, 0) is 19.6 Å². The molecule has 3 aromatic heterocycles. The van der Waals surface area contributed by atoms with Crippen LogP contribution in [0.3, 0.4) is 0 Å². The molecule has 70 heavy (non-hydrogen) atoms. The third-order valence-corrected chi connectivity index (χ3v) is 16.3. The van der Waals surface area contributed by atoms with Gasteiger partial charge in [-0.1, -0.05) is 31.7 Å². The monoisotopic (exact) mass is 975 g/mol. The van der Waals surface area contributed by atoms with Crippen LogP contribution in [0.1, 0.15) is 96.5 Å². The molecule has 0 spiro atoms. The van der Waals surface area contributed by atoms with E-state index >= 15 is 4.39 Å². The van der Waals surface area contributed by atoms with Crippen molar-refractivity contribution in [2.45, 2.75) is 88.1 Å². The summed E-state index contributed by atoms with van der Waals surface area (Å²) in [6.07, 6.45) is 14.5. The zero-order valence-corrected chi connectivity index (χ0v) is 40.1. The summed E-state index contributed by atoms with van der Waals surface area (Å²) in [5.74, 6) is -2.57. The maximum atomic E-state index is 15.6. The van der Waals surface area contributed by atoms with E-state index < -0.39 is 45.5 Å². The second-order valence-corrected chi connectivity index (χ2v) is 21.0. The van der Waals surface area contributed by atoms with Crippen LogP contribution in [0.15, 0.2) is 76.8 Å². The quantitative estimate of drug-likeness (QED) is 0.0940. The van der Waals surface area contributed by atoms with Crippen molar-refractivity contribution in [1.29, 1.82) is 0 Å². The molecule has 10 rings (SSSR count). The molecule has 1 atom stereocenters. The molecule has 1 unspecified atom stereocenters. The number of hydrogen-bond acceptors (Lipinski definition) is 13. The maximum Gasteiger partial charge on any atom is 0.264 e. The highest BCUT2D eigenvalue weighted by Gasteiger charge is 2.46. The van der Waals surface area contributed by atoms with E-state index in [1.165, 1.54) is 20.8 Å². The number of aromatic nitrogens is 4. The SMILES string of the molecule is Cc1c(Nc2ccc(S(=O)(=O)N3CCN(CCCCCCCCN4CCN(c5cccc6c5C(=O)N(C5CCC(=O)NC5=O)C6=O)CC4)CC3)cc2F)nc2ccc(-c3cnn(C4CC4)c3)cn2c1=O. The fraction of sp³-hybridized carbons (Fsp3) is 0.460. The Bertz CT molecular complexity index is 3030. The lowest BCUT2D eigenvalue weighted by molar-refractivity contribution is -0.136. The van der Waals surface area contributed by atoms with Crippen LogP contribution in [0.25, 0.3) is 16.8 Å². The van der Waals surface area contributed by atoms with Crippen molar-refractivity contribution in [1.82, 2.24) is 43.5 Å². The number of piperidine rings is 1. The molecule has 2 N–H and O–H groups in total. The summed E-state index contributed by atoms with van der Waals surface area (Å²) in [4.78, 5) is 76.9. The molecule has 1 aliphatic carbocycles. The van der Waals surface area contributed by atoms with Crippen LogP contribution in [-0.4, -0.2) is 142 Å². The van der Waals surface area contributed by atoms with Crippen molar-refractivity contribution in [3.63, 3.8) is 0 Å². The molecular weight excluding hydrogens is 918 g/mol. The number of piperazine rings is 2. The van der Waals surface area contributed by atoms with Gasteiger partial charge in [0.2, 0.25) is 21.8 Å². The Morgan fingerprint density at radius 1 is 0.771 bits per heavy atom. The van der Waals surface area contributed by atoms with Gasteiger partial charge in [-0.2, -0.15) is 9.40 Å². The van der Waals surface area contributed by atoms with E-state index in [0.717, 1.165) is 99.6 Å². The van der Waals surface area contributed by atoms with Crippen molar-refractivity contribution in [3.05, 3.63) is 100.0 Å². The van der Waals surface area contributed by atoms with Gasteiger partial charge in [0.15, 0.2) is 0 Å². The fourth-order valence-electron chi connectivity index (χ4n) is 10.1. The van der Waals surface area contributed by atoms with Crippen molar-refractivity contribution in [2.75, 3.05) is 75.7 Å². The van der Waals surface area contributed by atoms with Crippen LogP contribution >= 0.6 is 0 Å². The zero-order chi connectivity index (χ0) is 48.7. The van der Waals surface area contributed by atoms with Crippen LogP contribution in [0.5, 0.6) is 0 Å². The van der Waals surface area contributed by atoms with E-state index in [9.17, 15) is 32.4 Å². The van der Waals surface area contributed by atoms with E-state index in [-0.39, 0.29) is 40.4 Å². The van der Waals surface area contributed by atoms with Gasteiger partial charge in [-0.05, 0) is 94.6 Å². The average Bonchev–Trinajstić information content (AvgIpc) is 4.04. The van der Waals surface area contributed by atoms with Gasteiger partial charge in [0.1, 0.15) is 23.3 Å². The first-order chi connectivity index (χ1) is 33.8. The number of nitrogens with one attached hydrogen (secondary N) is 2. The summed E-state index contributed by atoms with van der Waals surface area (Å²) in [5.41, 5.74) is 3.45. The largest absolute Gasteiger partial charge is 0.368 e.